The van der Waals surface area contributed by atoms with E-state index in [1.807, 2.05) is 92.7 Å². The highest BCUT2D eigenvalue weighted by molar-refractivity contribution is 6.07. The normalized spacial score (nSPS) is 10.2. The highest BCUT2D eigenvalue weighted by atomic mass is 16.2. The maximum absolute atomic E-state index is 13.0. The molecule has 3 rings (SSSR count). The number of benzene rings is 3. The Hall–Kier alpha value is -3.07. The molecule has 0 aliphatic rings. The molecule has 0 aromatic heterocycles. The van der Waals surface area contributed by atoms with Gasteiger partial charge in [0, 0.05) is 5.56 Å². The minimum absolute atomic E-state index is 0.0947. The zero-order valence-electron chi connectivity index (χ0n) is 13.9. The number of nitrogens with one attached hydrogen (secondary N) is 1. The molecule has 0 radical (unpaired) electrons. The van der Waals surface area contributed by atoms with Gasteiger partial charge >= 0.3 is 0 Å². The van der Waals surface area contributed by atoms with Gasteiger partial charge in [-0.3, -0.25) is 10.2 Å². The number of hydrogen-bond acceptors (Lipinski definition) is 2. The van der Waals surface area contributed by atoms with Gasteiger partial charge in [0.25, 0.3) is 5.91 Å². The summed E-state index contributed by atoms with van der Waals surface area (Å²) in [5.74, 6) is -0.0947. The van der Waals surface area contributed by atoms with Crippen molar-refractivity contribution in [3.05, 3.63) is 95.6 Å². The number of amides is 1. The van der Waals surface area contributed by atoms with Crippen LogP contribution in [-0.2, 0) is 0 Å². The summed E-state index contributed by atoms with van der Waals surface area (Å²) < 4.78 is 0. The van der Waals surface area contributed by atoms with Crippen molar-refractivity contribution in [3.8, 4) is 0 Å². The summed E-state index contributed by atoms with van der Waals surface area (Å²) in [6.07, 6.45) is 0. The number of rotatable bonds is 4. The van der Waals surface area contributed by atoms with Crippen molar-refractivity contribution in [3.63, 3.8) is 0 Å². The predicted molar refractivity (Wildman–Crippen MR) is 99.2 cm³/mol. The van der Waals surface area contributed by atoms with Crippen molar-refractivity contribution in [1.29, 1.82) is 0 Å². The standard InChI is InChI=1S/C21H20N2O/c1-16-8-6-12-19(14-16)22-23(20-13-7-9-17(2)15-20)21(24)18-10-4-3-5-11-18/h3-15,22H,1-2H3. The Kier molecular flexibility index (Phi) is 4.62. The fourth-order valence-electron chi connectivity index (χ4n) is 2.55. The van der Waals surface area contributed by atoms with Gasteiger partial charge in [-0.2, -0.15) is 0 Å². The monoisotopic (exact) mass is 316 g/mol. The molecule has 0 heterocycles. The van der Waals surface area contributed by atoms with Crippen molar-refractivity contribution in [2.75, 3.05) is 10.4 Å². The molecule has 0 fully saturated rings. The van der Waals surface area contributed by atoms with Gasteiger partial charge in [0.15, 0.2) is 0 Å². The van der Waals surface area contributed by atoms with Crippen LogP contribution in [0.15, 0.2) is 78.9 Å². The van der Waals surface area contributed by atoms with Crippen LogP contribution in [0.2, 0.25) is 0 Å². The first-order valence-corrected chi connectivity index (χ1v) is 7.93. The number of anilines is 2. The zero-order valence-corrected chi connectivity index (χ0v) is 13.9. The highest BCUT2D eigenvalue weighted by Gasteiger charge is 2.18. The Morgan fingerprint density at radius 1 is 0.792 bits per heavy atom. The van der Waals surface area contributed by atoms with Crippen molar-refractivity contribution in [2.45, 2.75) is 13.8 Å². The predicted octanol–water partition coefficient (Wildman–Crippen LogP) is 4.98. The van der Waals surface area contributed by atoms with Crippen LogP contribution in [0.3, 0.4) is 0 Å². The molecule has 3 aromatic rings. The third-order valence-corrected chi connectivity index (χ3v) is 3.74. The molecule has 3 nitrogen and oxygen atoms in total. The Morgan fingerprint density at radius 2 is 1.46 bits per heavy atom. The smallest absolute Gasteiger partial charge is 0.276 e. The van der Waals surface area contributed by atoms with E-state index in [9.17, 15) is 4.79 Å². The molecule has 0 saturated heterocycles. The second kappa shape index (κ2) is 7.01. The van der Waals surface area contributed by atoms with Crippen LogP contribution in [-0.4, -0.2) is 5.91 Å². The molecule has 0 aliphatic heterocycles. The second-order valence-electron chi connectivity index (χ2n) is 5.83. The van der Waals surface area contributed by atoms with Crippen LogP contribution in [0.1, 0.15) is 21.5 Å². The fraction of sp³-hybridized carbons (Fsp3) is 0.0952. The molecule has 0 aliphatic carbocycles. The lowest BCUT2D eigenvalue weighted by atomic mass is 10.1. The van der Waals surface area contributed by atoms with Crippen molar-refractivity contribution < 1.29 is 4.79 Å². The van der Waals surface area contributed by atoms with Gasteiger partial charge in [0.1, 0.15) is 0 Å². The van der Waals surface area contributed by atoms with E-state index < -0.39 is 0 Å². The van der Waals surface area contributed by atoms with E-state index in [0.29, 0.717) is 5.56 Å². The van der Waals surface area contributed by atoms with Gasteiger partial charge in [-0.1, -0.05) is 42.5 Å². The molecule has 0 atom stereocenters. The first-order valence-electron chi connectivity index (χ1n) is 7.93. The molecule has 3 heteroatoms. The van der Waals surface area contributed by atoms with Gasteiger partial charge in [-0.05, 0) is 61.4 Å². The van der Waals surface area contributed by atoms with Crippen LogP contribution in [0.25, 0.3) is 0 Å². The summed E-state index contributed by atoms with van der Waals surface area (Å²) in [5, 5.41) is 1.59. The summed E-state index contributed by atoms with van der Waals surface area (Å²) in [4.78, 5) is 13.0. The average Bonchev–Trinajstić information content (AvgIpc) is 2.60. The van der Waals surface area contributed by atoms with Gasteiger partial charge in [-0.25, -0.2) is 5.01 Å². The number of carbonyl (C=O) groups is 1. The van der Waals surface area contributed by atoms with Gasteiger partial charge < -0.3 is 0 Å². The molecule has 24 heavy (non-hydrogen) atoms. The minimum Gasteiger partial charge on any atom is -0.291 e. The Bertz CT molecular complexity index is 843. The van der Waals surface area contributed by atoms with E-state index in [1.165, 1.54) is 0 Å². The fourth-order valence-corrected chi connectivity index (χ4v) is 2.55. The quantitative estimate of drug-likeness (QED) is 0.689. The maximum Gasteiger partial charge on any atom is 0.276 e. The van der Waals surface area contributed by atoms with E-state index in [2.05, 4.69) is 5.43 Å². The van der Waals surface area contributed by atoms with Crippen LogP contribution in [0, 0.1) is 13.8 Å². The molecular formula is C21H20N2O. The molecule has 0 unspecified atom stereocenters. The average molecular weight is 316 g/mol. The number of hydrogen-bond donors (Lipinski definition) is 1. The first-order chi connectivity index (χ1) is 11.6. The summed E-state index contributed by atoms with van der Waals surface area (Å²) in [6, 6.07) is 25.1. The summed E-state index contributed by atoms with van der Waals surface area (Å²) in [7, 11) is 0. The molecule has 3 aromatic carbocycles. The topological polar surface area (TPSA) is 32.3 Å². The van der Waals surface area contributed by atoms with E-state index >= 15 is 0 Å². The summed E-state index contributed by atoms with van der Waals surface area (Å²) in [6.45, 7) is 4.04. The highest BCUT2D eigenvalue weighted by Crippen LogP contribution is 2.21. The lowest BCUT2D eigenvalue weighted by molar-refractivity contribution is 0.0992. The van der Waals surface area contributed by atoms with E-state index in [0.717, 1.165) is 22.5 Å². The Labute approximate surface area is 142 Å². The molecule has 1 amide bonds. The van der Waals surface area contributed by atoms with Crippen molar-refractivity contribution in [1.82, 2.24) is 0 Å². The number of carbonyl (C=O) groups excluding carboxylic acids is 1. The molecule has 0 spiro atoms. The number of hydrazine groups is 1. The van der Waals surface area contributed by atoms with Gasteiger partial charge in [-0.15, -0.1) is 0 Å². The van der Waals surface area contributed by atoms with E-state index in [-0.39, 0.29) is 5.91 Å². The van der Waals surface area contributed by atoms with Crippen LogP contribution < -0.4 is 10.4 Å². The number of aryl methyl sites for hydroxylation is 2. The molecule has 1 N–H and O–H groups in total. The summed E-state index contributed by atoms with van der Waals surface area (Å²) in [5.41, 5.74) is 7.81. The Balaban J connectivity index is 1.99. The molecule has 0 saturated carbocycles. The first kappa shape index (κ1) is 15.8. The molecule has 0 bridgehead atoms. The third kappa shape index (κ3) is 3.63. The largest absolute Gasteiger partial charge is 0.291 e. The van der Waals surface area contributed by atoms with Crippen LogP contribution >= 0.6 is 0 Å². The SMILES string of the molecule is Cc1cccc(NN(C(=O)c2ccccc2)c2cccc(C)c2)c1. The molecular weight excluding hydrogens is 296 g/mol. The second-order valence-corrected chi connectivity index (χ2v) is 5.83. The third-order valence-electron chi connectivity index (χ3n) is 3.74. The van der Waals surface area contributed by atoms with E-state index in [1.54, 1.807) is 5.01 Å². The lowest BCUT2D eigenvalue weighted by Crippen LogP contribution is -2.36. The maximum atomic E-state index is 13.0. The zero-order chi connectivity index (χ0) is 16.9. The van der Waals surface area contributed by atoms with E-state index in [4.69, 9.17) is 0 Å². The minimum atomic E-state index is -0.0947. The molecule has 120 valence electrons. The lowest BCUT2D eigenvalue weighted by Gasteiger charge is -2.25. The van der Waals surface area contributed by atoms with Gasteiger partial charge in [0.05, 0.1) is 11.4 Å². The Morgan fingerprint density at radius 3 is 2.12 bits per heavy atom. The van der Waals surface area contributed by atoms with Crippen LogP contribution in [0.4, 0.5) is 11.4 Å². The summed E-state index contributed by atoms with van der Waals surface area (Å²) >= 11 is 0. The van der Waals surface area contributed by atoms with Gasteiger partial charge in [0.2, 0.25) is 0 Å². The van der Waals surface area contributed by atoms with Crippen molar-refractivity contribution in [2.24, 2.45) is 0 Å². The van der Waals surface area contributed by atoms with Crippen molar-refractivity contribution >= 4 is 17.3 Å². The van der Waals surface area contributed by atoms with Crippen LogP contribution in [0.5, 0.6) is 0 Å². The number of nitrogens with zero attached hydrogens (tertiary/aromatic N) is 1.